The Bertz CT molecular complexity index is 1920. The number of allylic oxidation sites excluding steroid dienone is 4. The molecule has 1 aliphatic heterocycles. The third-order valence-corrected chi connectivity index (χ3v) is 7.69. The number of ether oxygens (including phenoxy) is 4. The fraction of sp³-hybridized carbons (Fsp3) is 0.211. The van der Waals surface area contributed by atoms with Gasteiger partial charge in [0.05, 0.1) is 74.0 Å². The number of benzene rings is 4. The molecule has 1 heterocycles. The molecule has 256 valence electrons. The highest BCUT2D eigenvalue weighted by Crippen LogP contribution is 2.35. The SMILES string of the molecule is COc1ccc(N=N/C2=C(/C)Nc3ccccc3N=C(C)/C(N=Nc3ccc(OC)c(OC)c3)=C(\C)Nc3ccccc3N=C2C)cc1OC. The van der Waals surface area contributed by atoms with Crippen molar-refractivity contribution >= 4 is 45.5 Å². The maximum absolute atomic E-state index is 5.46. The Balaban J connectivity index is 1.64. The van der Waals surface area contributed by atoms with Gasteiger partial charge >= 0.3 is 0 Å². The number of rotatable bonds is 8. The number of aliphatic imine (C=N–C) groups is 2. The molecule has 0 saturated heterocycles. The van der Waals surface area contributed by atoms with E-state index < -0.39 is 0 Å². The highest BCUT2D eigenvalue weighted by molar-refractivity contribution is 6.03. The smallest absolute Gasteiger partial charge is 0.162 e. The first-order valence-electron chi connectivity index (χ1n) is 15.8. The second-order valence-corrected chi connectivity index (χ2v) is 11.1. The zero-order chi connectivity index (χ0) is 35.6. The van der Waals surface area contributed by atoms with Crippen molar-refractivity contribution in [2.45, 2.75) is 27.7 Å². The Labute approximate surface area is 292 Å². The van der Waals surface area contributed by atoms with Crippen molar-refractivity contribution in [2.75, 3.05) is 39.1 Å². The van der Waals surface area contributed by atoms with Crippen LogP contribution in [0.2, 0.25) is 0 Å². The minimum atomic E-state index is 0.553. The predicted octanol–water partition coefficient (Wildman–Crippen LogP) is 10.5. The Morgan fingerprint density at radius 3 is 1.22 bits per heavy atom. The zero-order valence-electron chi connectivity index (χ0n) is 29.4. The molecule has 0 fully saturated rings. The summed E-state index contributed by atoms with van der Waals surface area (Å²) in [4.78, 5) is 10.0. The largest absolute Gasteiger partial charge is 0.493 e. The van der Waals surface area contributed by atoms with Crippen molar-refractivity contribution in [1.82, 2.24) is 0 Å². The Morgan fingerprint density at radius 1 is 0.460 bits per heavy atom. The molecule has 1 aliphatic rings. The van der Waals surface area contributed by atoms with Crippen molar-refractivity contribution in [3.8, 4) is 23.0 Å². The molecule has 0 saturated carbocycles. The van der Waals surface area contributed by atoms with Gasteiger partial charge in [0.2, 0.25) is 0 Å². The van der Waals surface area contributed by atoms with Crippen LogP contribution in [0.3, 0.4) is 0 Å². The Morgan fingerprint density at radius 2 is 0.840 bits per heavy atom. The van der Waals surface area contributed by atoms with Crippen LogP contribution in [0, 0.1) is 0 Å². The lowest BCUT2D eigenvalue weighted by molar-refractivity contribution is 0.355. The summed E-state index contributed by atoms with van der Waals surface area (Å²) < 4.78 is 21.7. The van der Waals surface area contributed by atoms with Crippen molar-refractivity contribution in [1.29, 1.82) is 0 Å². The normalized spacial score (nSPS) is 16.7. The lowest BCUT2D eigenvalue weighted by Gasteiger charge is -2.16. The monoisotopic (exact) mass is 672 g/mol. The molecular formula is C38H40N8O4. The first-order chi connectivity index (χ1) is 24.2. The molecular weight excluding hydrogens is 632 g/mol. The fourth-order valence-electron chi connectivity index (χ4n) is 5.17. The number of methoxy groups -OCH3 is 4. The maximum atomic E-state index is 5.46. The van der Waals surface area contributed by atoms with Gasteiger partial charge in [0.1, 0.15) is 11.4 Å². The number of para-hydroxylation sites is 4. The van der Waals surface area contributed by atoms with Gasteiger partial charge in [0.15, 0.2) is 23.0 Å². The number of azo groups is 2. The summed E-state index contributed by atoms with van der Waals surface area (Å²) >= 11 is 0. The van der Waals surface area contributed by atoms with Gasteiger partial charge in [-0.2, -0.15) is 10.2 Å². The molecule has 5 rings (SSSR count). The summed E-state index contributed by atoms with van der Waals surface area (Å²) in [7, 11) is 6.34. The van der Waals surface area contributed by atoms with Crippen molar-refractivity contribution < 1.29 is 18.9 Å². The van der Waals surface area contributed by atoms with Crippen molar-refractivity contribution in [3.05, 3.63) is 108 Å². The van der Waals surface area contributed by atoms with E-state index in [1.54, 1.807) is 52.7 Å². The molecule has 0 aliphatic carbocycles. The van der Waals surface area contributed by atoms with Crippen LogP contribution in [0.1, 0.15) is 27.7 Å². The molecule has 0 bridgehead atoms. The molecule has 2 N–H and O–H groups in total. The summed E-state index contributed by atoms with van der Waals surface area (Å²) in [6, 6.07) is 26.2. The number of nitrogens with zero attached hydrogens (tertiary/aromatic N) is 6. The third kappa shape index (κ3) is 8.21. The number of hydrogen-bond acceptors (Lipinski definition) is 12. The fourth-order valence-corrected chi connectivity index (χ4v) is 5.17. The molecule has 4 aromatic rings. The van der Waals surface area contributed by atoms with Gasteiger partial charge < -0.3 is 29.6 Å². The van der Waals surface area contributed by atoms with E-state index in [0.717, 1.165) is 22.8 Å². The summed E-state index contributed by atoms with van der Waals surface area (Å²) in [6.45, 7) is 7.66. The standard InChI is InChI=1S/C38H40N8O4/c1-23-37(45-43-27-17-19-33(47-5)35(21-27)49-7)24(2)40-31-15-11-12-16-32(31)42-26(4)38(25(3)41-30-14-10-9-13-29(30)39-23)46-44-28-18-20-34(48-6)36(22-28)50-8/h9-22,39,42H,1-8H3/b37-23-,38-26-,40-24?,41-25?,45-43?,46-44?. The van der Waals surface area contributed by atoms with Crippen LogP contribution >= 0.6 is 0 Å². The van der Waals surface area contributed by atoms with Crippen LogP contribution in [0.25, 0.3) is 0 Å². The zero-order valence-corrected chi connectivity index (χ0v) is 29.4. The van der Waals surface area contributed by atoms with E-state index in [1.807, 2.05) is 88.4 Å². The number of anilines is 2. The van der Waals surface area contributed by atoms with Gasteiger partial charge in [-0.1, -0.05) is 24.3 Å². The summed E-state index contributed by atoms with van der Waals surface area (Å²) in [6.07, 6.45) is 0. The van der Waals surface area contributed by atoms with E-state index in [2.05, 4.69) is 31.1 Å². The van der Waals surface area contributed by atoms with E-state index in [4.69, 9.17) is 28.9 Å². The van der Waals surface area contributed by atoms with Crippen LogP contribution in [-0.2, 0) is 0 Å². The van der Waals surface area contributed by atoms with E-state index in [0.29, 0.717) is 68.6 Å². The van der Waals surface area contributed by atoms with E-state index >= 15 is 0 Å². The van der Waals surface area contributed by atoms with Gasteiger partial charge in [-0.25, -0.2) is 9.98 Å². The Hall–Kier alpha value is -6.30. The van der Waals surface area contributed by atoms with Crippen molar-refractivity contribution in [3.63, 3.8) is 0 Å². The van der Waals surface area contributed by atoms with Crippen LogP contribution < -0.4 is 29.6 Å². The molecule has 0 radical (unpaired) electrons. The van der Waals surface area contributed by atoms with Gasteiger partial charge in [-0.05, 0) is 76.2 Å². The van der Waals surface area contributed by atoms with Crippen LogP contribution in [0.15, 0.2) is 138 Å². The lowest BCUT2D eigenvalue weighted by atomic mass is 10.2. The molecule has 12 nitrogen and oxygen atoms in total. The topological polar surface area (TPSA) is 135 Å². The highest BCUT2D eigenvalue weighted by atomic mass is 16.5. The quantitative estimate of drug-likeness (QED) is 0.179. The predicted molar refractivity (Wildman–Crippen MR) is 199 cm³/mol. The summed E-state index contributed by atoms with van der Waals surface area (Å²) in [5.41, 5.74) is 7.91. The highest BCUT2D eigenvalue weighted by Gasteiger charge is 2.15. The van der Waals surface area contributed by atoms with Crippen LogP contribution in [0.4, 0.5) is 34.1 Å². The number of hydrogen-bond donors (Lipinski definition) is 2. The summed E-state index contributed by atoms with van der Waals surface area (Å²) in [5, 5.41) is 25.5. The van der Waals surface area contributed by atoms with E-state index in [1.165, 1.54) is 0 Å². The van der Waals surface area contributed by atoms with E-state index in [-0.39, 0.29) is 0 Å². The minimum absolute atomic E-state index is 0.553. The molecule has 4 aromatic carbocycles. The average molecular weight is 673 g/mol. The molecule has 0 atom stereocenters. The van der Waals surface area contributed by atoms with Crippen LogP contribution in [-0.4, -0.2) is 39.9 Å². The average Bonchev–Trinajstić information content (AvgIpc) is 3.12. The maximum Gasteiger partial charge on any atom is 0.162 e. The van der Waals surface area contributed by atoms with Crippen LogP contribution in [0.5, 0.6) is 23.0 Å². The molecule has 12 heteroatoms. The third-order valence-electron chi connectivity index (χ3n) is 7.69. The number of nitrogens with one attached hydrogen (secondary N) is 2. The summed E-state index contributed by atoms with van der Waals surface area (Å²) in [5.74, 6) is 2.31. The number of fused-ring (bicyclic) bond motifs is 2. The molecule has 0 amide bonds. The van der Waals surface area contributed by atoms with E-state index in [9.17, 15) is 0 Å². The Kier molecular flexibility index (Phi) is 11.3. The second kappa shape index (κ2) is 16.2. The van der Waals surface area contributed by atoms with Crippen molar-refractivity contribution in [2.24, 2.45) is 30.4 Å². The van der Waals surface area contributed by atoms with Gasteiger partial charge in [0, 0.05) is 23.5 Å². The molecule has 50 heavy (non-hydrogen) atoms. The lowest BCUT2D eigenvalue weighted by Crippen LogP contribution is -2.08. The minimum Gasteiger partial charge on any atom is -0.493 e. The molecule has 0 aromatic heterocycles. The molecule has 0 spiro atoms. The van der Waals surface area contributed by atoms with Gasteiger partial charge in [-0.3, -0.25) is 0 Å². The second-order valence-electron chi connectivity index (χ2n) is 11.1. The first-order valence-corrected chi connectivity index (χ1v) is 15.8. The van der Waals surface area contributed by atoms with Gasteiger partial charge in [0.25, 0.3) is 0 Å². The first kappa shape index (κ1) is 35.0. The molecule has 0 unspecified atom stereocenters. The van der Waals surface area contributed by atoms with Gasteiger partial charge in [-0.15, -0.1) is 10.2 Å².